The van der Waals surface area contributed by atoms with Gasteiger partial charge in [-0.15, -0.1) is 0 Å². The van der Waals surface area contributed by atoms with Gasteiger partial charge in [-0.25, -0.2) is 10.0 Å². The van der Waals surface area contributed by atoms with Crippen molar-refractivity contribution >= 4 is 22.4 Å². The van der Waals surface area contributed by atoms with E-state index in [0.29, 0.717) is 11.5 Å². The fraction of sp³-hybridized carbons (Fsp3) is 0.0625. The Hall–Kier alpha value is -2.39. The molecule has 3 nitrogen and oxygen atoms in total. The van der Waals surface area contributed by atoms with E-state index in [0.717, 1.165) is 21.5 Å². The van der Waals surface area contributed by atoms with Gasteiger partial charge in [-0.1, -0.05) is 36.4 Å². The average molecular weight is 250 g/mol. The lowest BCUT2D eigenvalue weighted by Crippen LogP contribution is -2.12. The number of aryl methyl sites for hydroxylation is 1. The van der Waals surface area contributed by atoms with Gasteiger partial charge in [-0.05, 0) is 36.8 Å². The Morgan fingerprint density at radius 3 is 2.42 bits per heavy atom. The number of fused-ring (bicyclic) bond motifs is 1. The molecule has 0 fully saturated rings. The molecule has 2 aromatic carbocycles. The maximum absolute atomic E-state index is 10.2. The van der Waals surface area contributed by atoms with Crippen molar-refractivity contribution in [1.82, 2.24) is 4.98 Å². The highest BCUT2D eigenvalue weighted by atomic mass is 16.5. The van der Waals surface area contributed by atoms with Crippen LogP contribution in [0.1, 0.15) is 5.56 Å². The monoisotopic (exact) mass is 250 g/mol. The van der Waals surface area contributed by atoms with Gasteiger partial charge in [0.1, 0.15) is 0 Å². The van der Waals surface area contributed by atoms with Crippen LogP contribution in [0.25, 0.3) is 10.9 Å². The van der Waals surface area contributed by atoms with Crippen LogP contribution in [0, 0.1) is 6.92 Å². The lowest BCUT2D eigenvalue weighted by atomic mass is 10.1. The first-order valence-electron chi connectivity index (χ1n) is 6.16. The predicted octanol–water partition coefficient (Wildman–Crippen LogP) is 4.07. The first-order chi connectivity index (χ1) is 9.25. The van der Waals surface area contributed by atoms with E-state index in [1.165, 1.54) is 0 Å². The fourth-order valence-electron chi connectivity index (χ4n) is 2.14. The van der Waals surface area contributed by atoms with Crippen LogP contribution >= 0.6 is 0 Å². The van der Waals surface area contributed by atoms with Gasteiger partial charge in [0.2, 0.25) is 0 Å². The Kier molecular flexibility index (Phi) is 2.89. The molecule has 1 heterocycles. The number of rotatable bonds is 2. The lowest BCUT2D eigenvalue weighted by molar-refractivity contribution is 0.298. The number of nitrogens with zero attached hydrogens (tertiary/aromatic N) is 2. The Morgan fingerprint density at radius 1 is 0.947 bits per heavy atom. The maximum Gasteiger partial charge on any atom is 0.158 e. The highest BCUT2D eigenvalue weighted by Gasteiger charge is 2.09. The minimum Gasteiger partial charge on any atom is -0.282 e. The number of aromatic nitrogens is 1. The molecule has 94 valence electrons. The number of para-hydroxylation sites is 2. The lowest BCUT2D eigenvalue weighted by Gasteiger charge is -2.17. The summed E-state index contributed by atoms with van der Waals surface area (Å²) in [5, 5.41) is 12.5. The van der Waals surface area contributed by atoms with Crippen LogP contribution in [0.15, 0.2) is 60.7 Å². The molecular formula is C16H14N2O. The van der Waals surface area contributed by atoms with E-state index >= 15 is 0 Å². The number of hydrogen-bond donors (Lipinski definition) is 1. The maximum atomic E-state index is 10.2. The summed E-state index contributed by atoms with van der Waals surface area (Å²) in [6.07, 6.45) is 0. The van der Waals surface area contributed by atoms with Gasteiger partial charge in [0, 0.05) is 5.39 Å². The average Bonchev–Trinajstić information content (AvgIpc) is 2.47. The quantitative estimate of drug-likeness (QED) is 0.696. The van der Waals surface area contributed by atoms with E-state index in [2.05, 4.69) is 4.98 Å². The zero-order chi connectivity index (χ0) is 13.2. The van der Waals surface area contributed by atoms with Crippen molar-refractivity contribution < 1.29 is 5.21 Å². The fourth-order valence-corrected chi connectivity index (χ4v) is 2.14. The molecule has 3 rings (SSSR count). The van der Waals surface area contributed by atoms with Crippen molar-refractivity contribution in [2.45, 2.75) is 6.92 Å². The van der Waals surface area contributed by atoms with Crippen molar-refractivity contribution in [3.8, 4) is 0 Å². The molecule has 0 aliphatic rings. The van der Waals surface area contributed by atoms with E-state index in [-0.39, 0.29) is 0 Å². The van der Waals surface area contributed by atoms with E-state index in [1.807, 2.05) is 67.6 Å². The van der Waals surface area contributed by atoms with Crippen molar-refractivity contribution in [2.75, 3.05) is 5.06 Å². The van der Waals surface area contributed by atoms with Crippen LogP contribution in [0.2, 0.25) is 0 Å². The van der Waals surface area contributed by atoms with Crippen molar-refractivity contribution in [1.29, 1.82) is 0 Å². The third-order valence-corrected chi connectivity index (χ3v) is 3.13. The number of benzene rings is 2. The molecule has 0 amide bonds. The Balaban J connectivity index is 2.11. The minimum absolute atomic E-state index is 0.530. The summed E-state index contributed by atoms with van der Waals surface area (Å²) in [5.74, 6) is 0.530. The van der Waals surface area contributed by atoms with E-state index in [4.69, 9.17) is 0 Å². The minimum atomic E-state index is 0.530. The smallest absolute Gasteiger partial charge is 0.158 e. The second-order valence-electron chi connectivity index (χ2n) is 4.46. The van der Waals surface area contributed by atoms with E-state index in [1.54, 1.807) is 0 Å². The Bertz CT molecular complexity index is 710. The molecule has 1 aromatic heterocycles. The van der Waals surface area contributed by atoms with Crippen molar-refractivity contribution in [3.63, 3.8) is 0 Å². The highest BCUT2D eigenvalue weighted by Crippen LogP contribution is 2.26. The SMILES string of the molecule is Cc1cc(N(O)c2ccccc2)nc2ccccc12. The van der Waals surface area contributed by atoms with Crippen LogP contribution in [-0.2, 0) is 0 Å². The third kappa shape index (κ3) is 2.16. The van der Waals surface area contributed by atoms with Gasteiger partial charge in [0.05, 0.1) is 11.2 Å². The Labute approximate surface area is 111 Å². The van der Waals surface area contributed by atoms with Crippen LogP contribution in [-0.4, -0.2) is 10.2 Å². The second kappa shape index (κ2) is 4.71. The molecule has 19 heavy (non-hydrogen) atoms. The molecule has 0 bridgehead atoms. The summed E-state index contributed by atoms with van der Waals surface area (Å²) < 4.78 is 0. The Morgan fingerprint density at radius 2 is 1.63 bits per heavy atom. The topological polar surface area (TPSA) is 36.4 Å². The molecule has 0 aliphatic heterocycles. The first kappa shape index (κ1) is 11.7. The normalized spacial score (nSPS) is 10.6. The van der Waals surface area contributed by atoms with Gasteiger partial charge in [0.25, 0.3) is 0 Å². The molecule has 0 unspecified atom stereocenters. The van der Waals surface area contributed by atoms with Crippen molar-refractivity contribution in [2.24, 2.45) is 0 Å². The highest BCUT2D eigenvalue weighted by molar-refractivity contribution is 5.84. The van der Waals surface area contributed by atoms with E-state index < -0.39 is 0 Å². The van der Waals surface area contributed by atoms with Gasteiger partial charge in [-0.2, -0.15) is 0 Å². The molecule has 0 spiro atoms. The molecule has 0 atom stereocenters. The van der Waals surface area contributed by atoms with Crippen LogP contribution in [0.5, 0.6) is 0 Å². The molecule has 0 aliphatic carbocycles. The van der Waals surface area contributed by atoms with Gasteiger partial charge < -0.3 is 0 Å². The summed E-state index contributed by atoms with van der Waals surface area (Å²) in [7, 11) is 0. The molecular weight excluding hydrogens is 236 g/mol. The van der Waals surface area contributed by atoms with Gasteiger partial charge >= 0.3 is 0 Å². The standard InChI is InChI=1S/C16H14N2O/c1-12-11-16(17-15-10-6-5-9-14(12)15)18(19)13-7-3-2-4-8-13/h2-11,19H,1H3. The molecule has 0 saturated heterocycles. The summed E-state index contributed by atoms with van der Waals surface area (Å²) in [6.45, 7) is 2.02. The number of anilines is 2. The van der Waals surface area contributed by atoms with E-state index in [9.17, 15) is 5.21 Å². The zero-order valence-corrected chi connectivity index (χ0v) is 10.6. The van der Waals surface area contributed by atoms with Gasteiger partial charge in [-0.3, -0.25) is 5.21 Å². The largest absolute Gasteiger partial charge is 0.282 e. The van der Waals surface area contributed by atoms with Crippen LogP contribution in [0.4, 0.5) is 11.5 Å². The molecule has 0 radical (unpaired) electrons. The van der Waals surface area contributed by atoms with Crippen molar-refractivity contribution in [3.05, 3.63) is 66.2 Å². The zero-order valence-electron chi connectivity index (χ0n) is 10.6. The van der Waals surface area contributed by atoms with Crippen LogP contribution < -0.4 is 5.06 Å². The summed E-state index contributed by atoms with van der Waals surface area (Å²) in [6, 6.07) is 19.2. The summed E-state index contributed by atoms with van der Waals surface area (Å²) in [5.41, 5.74) is 2.67. The summed E-state index contributed by atoms with van der Waals surface area (Å²) in [4.78, 5) is 4.49. The van der Waals surface area contributed by atoms with Gasteiger partial charge in [0.15, 0.2) is 5.82 Å². The van der Waals surface area contributed by atoms with Crippen LogP contribution in [0.3, 0.4) is 0 Å². The predicted molar refractivity (Wildman–Crippen MR) is 76.8 cm³/mol. The second-order valence-corrected chi connectivity index (χ2v) is 4.46. The number of pyridine rings is 1. The third-order valence-electron chi connectivity index (χ3n) is 3.13. The molecule has 1 N–H and O–H groups in total. The first-order valence-corrected chi connectivity index (χ1v) is 6.16. The molecule has 0 saturated carbocycles. The molecule has 3 aromatic rings. The molecule has 3 heteroatoms. The number of hydrogen-bond acceptors (Lipinski definition) is 3. The summed E-state index contributed by atoms with van der Waals surface area (Å²) >= 11 is 0.